The van der Waals surface area contributed by atoms with E-state index in [1.807, 2.05) is 0 Å². The maximum atomic E-state index is 10.1. The van der Waals surface area contributed by atoms with E-state index in [0.717, 1.165) is 25.7 Å². The van der Waals surface area contributed by atoms with Gasteiger partial charge in [-0.05, 0) is 6.42 Å². The van der Waals surface area contributed by atoms with Crippen molar-refractivity contribution in [1.82, 2.24) is 0 Å². The summed E-state index contributed by atoms with van der Waals surface area (Å²) in [5.74, 6) is -1.13. The quantitative estimate of drug-likeness (QED) is 0.573. The lowest BCUT2D eigenvalue weighted by molar-refractivity contribution is -0.146. The van der Waals surface area contributed by atoms with Gasteiger partial charge in [0, 0.05) is 0 Å². The summed E-state index contributed by atoms with van der Waals surface area (Å²) >= 11 is 0. The fourth-order valence-corrected chi connectivity index (χ4v) is 0.815. The second kappa shape index (κ2) is 6.16. The highest BCUT2D eigenvalue weighted by atomic mass is 16.4. The maximum absolute atomic E-state index is 10.1. The summed E-state index contributed by atoms with van der Waals surface area (Å²) in [5.41, 5.74) is 0. The first-order valence-corrected chi connectivity index (χ1v) is 3.88. The molecule has 3 heteroatoms. The molecule has 0 heterocycles. The molecule has 65 valence electrons. The van der Waals surface area contributed by atoms with Crippen molar-refractivity contribution in [3.8, 4) is 0 Å². The summed E-state index contributed by atoms with van der Waals surface area (Å²) in [6.07, 6.45) is 2.78. The van der Waals surface area contributed by atoms with Gasteiger partial charge in [0.25, 0.3) is 0 Å². The first-order valence-electron chi connectivity index (χ1n) is 3.88. The van der Waals surface area contributed by atoms with Gasteiger partial charge in [-0.3, -0.25) is 0 Å². The Hall–Kier alpha value is -0.570. The van der Waals surface area contributed by atoms with Crippen LogP contribution in [0.3, 0.4) is 0 Å². The highest BCUT2D eigenvalue weighted by Crippen LogP contribution is 2.04. The molecule has 0 fully saturated rings. The van der Waals surface area contributed by atoms with E-state index in [4.69, 9.17) is 10.2 Å². The predicted octanol–water partition coefficient (Wildman–Crippen LogP) is 1.22. The molecular weight excluding hydrogens is 144 g/mol. The predicted molar refractivity (Wildman–Crippen MR) is 42.1 cm³/mol. The molecule has 0 aromatic rings. The minimum Gasteiger partial charge on any atom is -0.479 e. The van der Waals surface area contributed by atoms with Gasteiger partial charge in [-0.2, -0.15) is 0 Å². The molecule has 11 heavy (non-hydrogen) atoms. The fraction of sp³-hybridized carbons (Fsp3) is 0.750. The van der Waals surface area contributed by atoms with Crippen LogP contribution in [0.4, 0.5) is 0 Å². The maximum Gasteiger partial charge on any atom is 0.332 e. The molecule has 0 aliphatic rings. The first kappa shape index (κ1) is 10.4. The second-order valence-corrected chi connectivity index (χ2v) is 2.56. The van der Waals surface area contributed by atoms with Crippen LogP contribution >= 0.6 is 0 Å². The van der Waals surface area contributed by atoms with E-state index < -0.39 is 12.1 Å². The van der Waals surface area contributed by atoms with Gasteiger partial charge in [0.15, 0.2) is 6.10 Å². The summed E-state index contributed by atoms with van der Waals surface area (Å²) in [6.45, 7) is 3.66. The molecular formula is C8H15O3. The first-order chi connectivity index (χ1) is 5.18. The van der Waals surface area contributed by atoms with Gasteiger partial charge in [0.2, 0.25) is 0 Å². The number of carbonyl (C=O) groups is 1. The van der Waals surface area contributed by atoms with Crippen LogP contribution in [-0.4, -0.2) is 22.3 Å². The average Bonchev–Trinajstić information content (AvgIpc) is 1.97. The Labute approximate surface area is 67.0 Å². The summed E-state index contributed by atoms with van der Waals surface area (Å²) < 4.78 is 0. The lowest BCUT2D eigenvalue weighted by Gasteiger charge is -2.03. The molecule has 3 nitrogen and oxygen atoms in total. The average molecular weight is 159 g/mol. The van der Waals surface area contributed by atoms with E-state index >= 15 is 0 Å². The van der Waals surface area contributed by atoms with E-state index in [1.54, 1.807) is 0 Å². The Morgan fingerprint density at radius 2 is 2.00 bits per heavy atom. The second-order valence-electron chi connectivity index (χ2n) is 2.56. The van der Waals surface area contributed by atoms with E-state index in [0.29, 0.717) is 6.42 Å². The van der Waals surface area contributed by atoms with E-state index in [9.17, 15) is 4.79 Å². The van der Waals surface area contributed by atoms with Crippen LogP contribution in [0.5, 0.6) is 0 Å². The normalized spacial score (nSPS) is 12.9. The van der Waals surface area contributed by atoms with Crippen molar-refractivity contribution in [2.45, 2.75) is 38.2 Å². The molecule has 0 spiro atoms. The minimum absolute atomic E-state index is 0.356. The van der Waals surface area contributed by atoms with Crippen molar-refractivity contribution >= 4 is 5.97 Å². The van der Waals surface area contributed by atoms with Crippen molar-refractivity contribution in [2.75, 3.05) is 0 Å². The van der Waals surface area contributed by atoms with E-state index in [2.05, 4.69) is 6.92 Å². The minimum atomic E-state index is -1.18. The Bertz CT molecular complexity index is 112. The molecule has 1 radical (unpaired) electrons. The standard InChI is InChI=1S/C8H15O3/c1-2-3-4-5-6-7(9)8(10)11/h7,9H,1-6H2,(H,10,11). The SMILES string of the molecule is [CH2]CCCCCC(O)C(=O)O. The van der Waals surface area contributed by atoms with Crippen molar-refractivity contribution in [3.05, 3.63) is 6.92 Å². The number of rotatable bonds is 6. The van der Waals surface area contributed by atoms with Crippen LogP contribution in [0.2, 0.25) is 0 Å². The van der Waals surface area contributed by atoms with Crippen LogP contribution in [0.15, 0.2) is 0 Å². The Morgan fingerprint density at radius 1 is 1.36 bits per heavy atom. The largest absolute Gasteiger partial charge is 0.479 e. The molecule has 0 aromatic heterocycles. The molecule has 0 saturated carbocycles. The number of aliphatic carboxylic acids is 1. The van der Waals surface area contributed by atoms with Crippen LogP contribution in [0.1, 0.15) is 32.1 Å². The van der Waals surface area contributed by atoms with Gasteiger partial charge < -0.3 is 10.2 Å². The van der Waals surface area contributed by atoms with Crippen molar-refractivity contribution in [2.24, 2.45) is 0 Å². The molecule has 0 aliphatic carbocycles. The summed E-state index contributed by atoms with van der Waals surface area (Å²) in [6, 6.07) is 0. The Kier molecular flexibility index (Phi) is 5.84. The number of aliphatic hydroxyl groups excluding tert-OH is 1. The van der Waals surface area contributed by atoms with E-state index in [-0.39, 0.29) is 0 Å². The van der Waals surface area contributed by atoms with Gasteiger partial charge >= 0.3 is 5.97 Å². The number of carboxylic acids is 1. The molecule has 0 aliphatic heterocycles. The van der Waals surface area contributed by atoms with E-state index in [1.165, 1.54) is 0 Å². The zero-order chi connectivity index (χ0) is 8.69. The highest BCUT2D eigenvalue weighted by molar-refractivity contribution is 5.71. The molecule has 0 saturated heterocycles. The Balaban J connectivity index is 3.17. The number of aliphatic hydroxyl groups is 1. The summed E-state index contributed by atoms with van der Waals surface area (Å²) in [7, 11) is 0. The van der Waals surface area contributed by atoms with Crippen molar-refractivity contribution in [1.29, 1.82) is 0 Å². The third kappa shape index (κ3) is 5.85. The van der Waals surface area contributed by atoms with Crippen LogP contribution in [-0.2, 0) is 4.79 Å². The van der Waals surface area contributed by atoms with Gasteiger partial charge in [0.05, 0.1) is 0 Å². The molecule has 2 N–H and O–H groups in total. The highest BCUT2D eigenvalue weighted by Gasteiger charge is 2.11. The molecule has 1 atom stereocenters. The van der Waals surface area contributed by atoms with Gasteiger partial charge in [-0.1, -0.05) is 32.6 Å². The third-order valence-electron chi connectivity index (χ3n) is 1.51. The molecule has 1 unspecified atom stereocenters. The van der Waals surface area contributed by atoms with Crippen LogP contribution in [0, 0.1) is 6.92 Å². The summed E-state index contributed by atoms with van der Waals surface area (Å²) in [5, 5.41) is 17.1. The Morgan fingerprint density at radius 3 is 2.45 bits per heavy atom. The molecule has 0 bridgehead atoms. The van der Waals surface area contributed by atoms with Crippen molar-refractivity contribution < 1.29 is 15.0 Å². The number of carboxylic acid groups (broad SMARTS) is 1. The number of hydrogen-bond donors (Lipinski definition) is 2. The smallest absolute Gasteiger partial charge is 0.332 e. The lowest BCUT2D eigenvalue weighted by Crippen LogP contribution is -2.18. The number of unbranched alkanes of at least 4 members (excludes halogenated alkanes) is 3. The molecule has 0 aromatic carbocycles. The molecule has 0 rings (SSSR count). The van der Waals surface area contributed by atoms with Crippen LogP contribution < -0.4 is 0 Å². The summed E-state index contributed by atoms with van der Waals surface area (Å²) in [4.78, 5) is 10.1. The zero-order valence-corrected chi connectivity index (χ0v) is 6.62. The van der Waals surface area contributed by atoms with Gasteiger partial charge in [-0.15, -0.1) is 0 Å². The number of hydrogen-bond acceptors (Lipinski definition) is 2. The topological polar surface area (TPSA) is 57.5 Å². The fourth-order valence-electron chi connectivity index (χ4n) is 0.815. The third-order valence-corrected chi connectivity index (χ3v) is 1.51. The van der Waals surface area contributed by atoms with Crippen molar-refractivity contribution in [3.63, 3.8) is 0 Å². The lowest BCUT2D eigenvalue weighted by atomic mass is 10.1. The zero-order valence-electron chi connectivity index (χ0n) is 6.62. The van der Waals surface area contributed by atoms with Gasteiger partial charge in [-0.25, -0.2) is 4.79 Å². The van der Waals surface area contributed by atoms with Gasteiger partial charge in [0.1, 0.15) is 0 Å². The van der Waals surface area contributed by atoms with Crippen LogP contribution in [0.25, 0.3) is 0 Å². The molecule has 0 amide bonds. The monoisotopic (exact) mass is 159 g/mol.